The van der Waals surface area contributed by atoms with E-state index in [1.54, 1.807) is 6.26 Å². The number of rotatable bonds is 12. The van der Waals surface area contributed by atoms with Gasteiger partial charge in [0.1, 0.15) is 0 Å². The summed E-state index contributed by atoms with van der Waals surface area (Å²) in [5, 5.41) is 9.98. The van der Waals surface area contributed by atoms with E-state index in [1.165, 1.54) is 30.4 Å². The molecule has 0 aliphatic rings. The van der Waals surface area contributed by atoms with Crippen LogP contribution in [-0.2, 0) is 21.4 Å². The number of hydrogen-bond donors (Lipinski definition) is 1. The molecule has 0 radical (unpaired) electrons. The van der Waals surface area contributed by atoms with Gasteiger partial charge in [0.15, 0.2) is 0 Å². The first-order valence-electron chi connectivity index (χ1n) is 10.8. The average Bonchev–Trinajstić information content (AvgIpc) is 2.64. The molecule has 3 nitrogen and oxygen atoms in total. The summed E-state index contributed by atoms with van der Waals surface area (Å²) in [4.78, 5) is 11.9. The number of hydrogen-bond acceptors (Lipinski definition) is 3. The molecule has 1 N–H and O–H groups in total. The monoisotopic (exact) mass is 388 g/mol. The fraction of sp³-hybridized carbons (Fsp3) is 0.640. The highest BCUT2D eigenvalue weighted by atomic mass is 16.5. The van der Waals surface area contributed by atoms with Crippen LogP contribution in [0.3, 0.4) is 0 Å². The molecule has 1 atom stereocenters. The number of carbonyl (C=O) groups excluding carboxylic acids is 1. The molecule has 1 rings (SSSR count). The van der Waals surface area contributed by atoms with Crippen molar-refractivity contribution in [1.29, 1.82) is 0 Å². The van der Waals surface area contributed by atoms with E-state index in [-0.39, 0.29) is 17.8 Å². The maximum Gasteiger partial charge on any atom is 0.310 e. The van der Waals surface area contributed by atoms with Gasteiger partial charge in [-0.2, -0.15) is 0 Å². The summed E-state index contributed by atoms with van der Waals surface area (Å²) in [5.74, 6) is -0.271. The van der Waals surface area contributed by atoms with Gasteiger partial charge in [-0.25, -0.2) is 0 Å². The van der Waals surface area contributed by atoms with Crippen LogP contribution >= 0.6 is 0 Å². The molecule has 0 amide bonds. The number of ether oxygens (including phenoxy) is 1. The second-order valence-electron chi connectivity index (χ2n) is 8.97. The molecule has 1 aromatic carbocycles. The van der Waals surface area contributed by atoms with Gasteiger partial charge in [0, 0.05) is 6.42 Å². The van der Waals surface area contributed by atoms with Crippen molar-refractivity contribution in [3.8, 4) is 0 Å². The summed E-state index contributed by atoms with van der Waals surface area (Å²) in [6, 6.07) is 8.60. The lowest BCUT2D eigenvalue weighted by Crippen LogP contribution is -2.11. The number of carbonyl (C=O) groups is 1. The zero-order chi connectivity index (χ0) is 21.0. The Morgan fingerprint density at radius 3 is 2.32 bits per heavy atom. The van der Waals surface area contributed by atoms with Gasteiger partial charge in [0.2, 0.25) is 0 Å². The molecular weight excluding hydrogens is 348 g/mol. The van der Waals surface area contributed by atoms with E-state index in [0.717, 1.165) is 31.3 Å². The predicted octanol–water partition coefficient (Wildman–Crippen LogP) is 6.48. The van der Waals surface area contributed by atoms with Gasteiger partial charge in [0.05, 0.1) is 12.4 Å². The number of allylic oxidation sites excluding steroid dienone is 1. The van der Waals surface area contributed by atoms with Crippen LogP contribution in [0.15, 0.2) is 36.1 Å². The first kappa shape index (κ1) is 24.4. The lowest BCUT2D eigenvalue weighted by Gasteiger charge is -2.19. The molecule has 0 aliphatic heterocycles. The Hall–Kier alpha value is -1.61. The van der Waals surface area contributed by atoms with E-state index in [0.29, 0.717) is 6.42 Å². The van der Waals surface area contributed by atoms with Gasteiger partial charge >= 0.3 is 5.97 Å². The number of unbranched alkanes of at least 4 members (excludes halogenated alkanes) is 4. The molecule has 1 aromatic rings. The van der Waals surface area contributed by atoms with Crippen molar-refractivity contribution in [2.24, 2.45) is 0 Å². The van der Waals surface area contributed by atoms with Crippen LogP contribution in [0.2, 0.25) is 0 Å². The Bertz CT molecular complexity index is 593. The highest BCUT2D eigenvalue weighted by Gasteiger charge is 2.13. The molecule has 0 saturated heterocycles. The molecule has 158 valence electrons. The van der Waals surface area contributed by atoms with Crippen molar-refractivity contribution in [2.75, 3.05) is 0 Å². The fourth-order valence-corrected chi connectivity index (χ4v) is 3.12. The SMILES string of the molecule is CCCCCCCC(O)CCC(=O)O/C=C(\C)Cc1ccc(C(C)(C)C)cc1. The van der Waals surface area contributed by atoms with Gasteiger partial charge in [-0.3, -0.25) is 4.79 Å². The molecule has 3 heteroatoms. The van der Waals surface area contributed by atoms with Crippen molar-refractivity contribution in [2.45, 2.75) is 104 Å². The standard InChI is InChI=1S/C25H40O3/c1-6-7-8-9-10-11-23(26)16-17-24(27)28-19-20(2)18-21-12-14-22(15-13-21)25(3,4)5/h12-15,19,23,26H,6-11,16-18H2,1-5H3/b20-19+. The van der Waals surface area contributed by atoms with E-state index in [1.807, 2.05) is 6.92 Å². The summed E-state index contributed by atoms with van der Waals surface area (Å²) in [7, 11) is 0. The van der Waals surface area contributed by atoms with Crippen molar-refractivity contribution >= 4 is 5.97 Å². The Morgan fingerprint density at radius 2 is 1.71 bits per heavy atom. The van der Waals surface area contributed by atoms with Crippen molar-refractivity contribution in [3.05, 3.63) is 47.2 Å². The first-order valence-corrected chi connectivity index (χ1v) is 10.8. The highest BCUT2D eigenvalue weighted by Crippen LogP contribution is 2.22. The van der Waals surface area contributed by atoms with Gasteiger partial charge in [0.25, 0.3) is 0 Å². The van der Waals surface area contributed by atoms with Crippen molar-refractivity contribution in [1.82, 2.24) is 0 Å². The third-order valence-corrected chi connectivity index (χ3v) is 5.02. The second-order valence-corrected chi connectivity index (χ2v) is 8.97. The lowest BCUT2D eigenvalue weighted by atomic mass is 9.86. The van der Waals surface area contributed by atoms with E-state index in [2.05, 4.69) is 52.0 Å². The molecule has 1 unspecified atom stereocenters. The van der Waals surface area contributed by atoms with Crippen LogP contribution in [0.4, 0.5) is 0 Å². The van der Waals surface area contributed by atoms with Crippen molar-refractivity contribution in [3.63, 3.8) is 0 Å². The molecule has 0 aliphatic carbocycles. The Labute approximate surface area is 172 Å². The zero-order valence-electron chi connectivity index (χ0n) is 18.6. The molecular formula is C25H40O3. The van der Waals surface area contributed by atoms with Gasteiger partial charge < -0.3 is 9.84 Å². The van der Waals surface area contributed by atoms with Crippen molar-refractivity contribution < 1.29 is 14.6 Å². The maximum atomic E-state index is 11.9. The quantitative estimate of drug-likeness (QED) is 0.253. The molecule has 0 fully saturated rings. The third kappa shape index (κ3) is 10.7. The number of aliphatic hydroxyl groups is 1. The smallest absolute Gasteiger partial charge is 0.310 e. The minimum atomic E-state index is -0.402. The Balaban J connectivity index is 2.29. The zero-order valence-corrected chi connectivity index (χ0v) is 18.6. The molecule has 0 saturated carbocycles. The summed E-state index contributed by atoms with van der Waals surface area (Å²) >= 11 is 0. The Kier molecular flexibility index (Phi) is 11.1. The van der Waals surface area contributed by atoms with Crippen LogP contribution in [0.25, 0.3) is 0 Å². The maximum absolute atomic E-state index is 11.9. The predicted molar refractivity (Wildman–Crippen MR) is 117 cm³/mol. The van der Waals surface area contributed by atoms with Gasteiger partial charge in [-0.05, 0) is 48.3 Å². The van der Waals surface area contributed by atoms with E-state index < -0.39 is 6.10 Å². The second kappa shape index (κ2) is 12.8. The summed E-state index contributed by atoms with van der Waals surface area (Å²) in [6.07, 6.45) is 9.34. The summed E-state index contributed by atoms with van der Waals surface area (Å²) in [5.41, 5.74) is 3.68. The van der Waals surface area contributed by atoms with E-state index in [9.17, 15) is 9.90 Å². The molecule has 0 bridgehead atoms. The molecule has 0 aromatic heterocycles. The molecule has 0 heterocycles. The number of benzene rings is 1. The van der Waals surface area contributed by atoms with Crippen LogP contribution in [0.1, 0.15) is 97.1 Å². The summed E-state index contributed by atoms with van der Waals surface area (Å²) in [6.45, 7) is 10.8. The number of aliphatic hydroxyl groups excluding tert-OH is 1. The first-order chi connectivity index (χ1) is 13.2. The Morgan fingerprint density at radius 1 is 1.07 bits per heavy atom. The molecule has 0 spiro atoms. The van der Waals surface area contributed by atoms with Gasteiger partial charge in [-0.15, -0.1) is 0 Å². The largest absolute Gasteiger partial charge is 0.435 e. The third-order valence-electron chi connectivity index (χ3n) is 5.02. The minimum absolute atomic E-state index is 0.152. The van der Waals surface area contributed by atoms with Gasteiger partial charge in [-0.1, -0.05) is 84.1 Å². The van der Waals surface area contributed by atoms with E-state index in [4.69, 9.17) is 4.74 Å². The van der Waals surface area contributed by atoms with Crippen LogP contribution < -0.4 is 0 Å². The summed E-state index contributed by atoms with van der Waals surface area (Å²) < 4.78 is 5.25. The van der Waals surface area contributed by atoms with E-state index >= 15 is 0 Å². The van der Waals surface area contributed by atoms with Crippen LogP contribution in [0, 0.1) is 0 Å². The average molecular weight is 389 g/mol. The lowest BCUT2D eigenvalue weighted by molar-refractivity contribution is -0.138. The number of esters is 1. The highest BCUT2D eigenvalue weighted by molar-refractivity contribution is 5.70. The minimum Gasteiger partial charge on any atom is -0.435 e. The topological polar surface area (TPSA) is 46.5 Å². The fourth-order valence-electron chi connectivity index (χ4n) is 3.12. The van der Waals surface area contributed by atoms with Crippen LogP contribution in [-0.4, -0.2) is 17.2 Å². The van der Waals surface area contributed by atoms with Crippen LogP contribution in [0.5, 0.6) is 0 Å². The molecule has 28 heavy (non-hydrogen) atoms. The normalized spacial score (nSPS) is 13.4.